The van der Waals surface area contributed by atoms with Crippen molar-refractivity contribution in [3.05, 3.63) is 33.4 Å². The van der Waals surface area contributed by atoms with Crippen LogP contribution in [0, 0.1) is 17.0 Å². The molecule has 0 spiro atoms. The van der Waals surface area contributed by atoms with Crippen molar-refractivity contribution in [2.24, 2.45) is 0 Å². The maximum absolute atomic E-state index is 12.0. The van der Waals surface area contributed by atoms with Crippen LogP contribution in [0.1, 0.15) is 15.9 Å². The molecule has 1 rings (SSSR count). The summed E-state index contributed by atoms with van der Waals surface area (Å²) in [6.45, 7) is -1.74. The highest BCUT2D eigenvalue weighted by atomic mass is 19.3. The van der Waals surface area contributed by atoms with Gasteiger partial charge in [-0.2, -0.15) is 8.78 Å². The lowest BCUT2D eigenvalue weighted by atomic mass is 10.1. The molecule has 0 heterocycles. The van der Waals surface area contributed by atoms with Gasteiger partial charge in [0, 0.05) is 6.07 Å². The Balaban J connectivity index is 3.30. The average molecular weight is 231 g/mol. The van der Waals surface area contributed by atoms with Gasteiger partial charge in [0.1, 0.15) is 5.75 Å². The minimum atomic E-state index is -3.14. The summed E-state index contributed by atoms with van der Waals surface area (Å²) in [5, 5.41) is 10.5. The van der Waals surface area contributed by atoms with Crippen LogP contribution in [-0.4, -0.2) is 17.8 Å². The first-order chi connectivity index (χ1) is 7.45. The Kier molecular flexibility index (Phi) is 3.49. The molecule has 0 radical (unpaired) electrons. The molecule has 0 unspecified atom stereocenters. The Labute approximate surface area is 88.8 Å². The van der Waals surface area contributed by atoms with Crippen molar-refractivity contribution in [1.29, 1.82) is 0 Å². The van der Waals surface area contributed by atoms with Gasteiger partial charge >= 0.3 is 6.61 Å². The summed E-state index contributed by atoms with van der Waals surface area (Å²) in [7, 11) is 0. The number of nitrogens with zero attached hydrogens (tertiary/aromatic N) is 1. The standard InChI is InChI=1S/C9H7F2NO4/c1-5-2-6(12(14)15)3-8(7(5)4-13)16-9(10)11/h2-4,9H,1H3. The normalized spacial score (nSPS) is 10.2. The molecule has 0 aliphatic rings. The Bertz CT molecular complexity index is 434. The molecule has 0 aliphatic carbocycles. The van der Waals surface area contributed by atoms with Crippen LogP contribution in [0.2, 0.25) is 0 Å². The van der Waals surface area contributed by atoms with Crippen molar-refractivity contribution in [2.45, 2.75) is 13.5 Å². The van der Waals surface area contributed by atoms with E-state index in [-0.39, 0.29) is 11.1 Å². The van der Waals surface area contributed by atoms with Crippen LogP contribution >= 0.6 is 0 Å². The predicted octanol–water partition coefficient (Wildman–Crippen LogP) is 2.32. The highest BCUT2D eigenvalue weighted by molar-refractivity contribution is 5.82. The van der Waals surface area contributed by atoms with Crippen LogP contribution in [0.4, 0.5) is 14.5 Å². The van der Waals surface area contributed by atoms with E-state index in [1.807, 2.05) is 0 Å². The molecule has 86 valence electrons. The van der Waals surface area contributed by atoms with E-state index in [2.05, 4.69) is 4.74 Å². The van der Waals surface area contributed by atoms with Crippen molar-refractivity contribution >= 4 is 12.0 Å². The van der Waals surface area contributed by atoms with Gasteiger partial charge in [-0.15, -0.1) is 0 Å². The van der Waals surface area contributed by atoms with Gasteiger partial charge in [-0.1, -0.05) is 0 Å². The third-order valence-corrected chi connectivity index (χ3v) is 1.88. The summed E-state index contributed by atoms with van der Waals surface area (Å²) in [6, 6.07) is 1.91. The number of non-ortho nitro benzene ring substituents is 1. The summed E-state index contributed by atoms with van der Waals surface area (Å²) >= 11 is 0. The molecule has 0 bridgehead atoms. The zero-order valence-corrected chi connectivity index (χ0v) is 8.15. The predicted molar refractivity (Wildman–Crippen MR) is 49.9 cm³/mol. The molecule has 0 saturated carbocycles. The monoisotopic (exact) mass is 231 g/mol. The number of nitro groups is 1. The summed E-state index contributed by atoms with van der Waals surface area (Å²) in [4.78, 5) is 20.3. The first-order valence-electron chi connectivity index (χ1n) is 4.14. The largest absolute Gasteiger partial charge is 0.434 e. The molecule has 0 atom stereocenters. The minimum absolute atomic E-state index is 0.120. The van der Waals surface area contributed by atoms with Crippen LogP contribution < -0.4 is 4.74 Å². The van der Waals surface area contributed by atoms with Gasteiger partial charge in [-0.05, 0) is 12.5 Å². The number of aldehydes is 1. The molecule has 1 aromatic rings. The Morgan fingerprint density at radius 1 is 1.50 bits per heavy atom. The summed E-state index contributed by atoms with van der Waals surface area (Å²) in [5.74, 6) is -0.489. The van der Waals surface area contributed by atoms with E-state index < -0.39 is 23.0 Å². The molecule has 1 aromatic carbocycles. The topological polar surface area (TPSA) is 69.4 Å². The van der Waals surface area contributed by atoms with Crippen LogP contribution in [0.5, 0.6) is 5.75 Å². The number of ether oxygens (including phenoxy) is 1. The van der Waals surface area contributed by atoms with Crippen LogP contribution in [0.3, 0.4) is 0 Å². The summed E-state index contributed by atoms with van der Waals surface area (Å²) in [6.07, 6.45) is 0.316. The third kappa shape index (κ3) is 2.50. The molecular formula is C9H7F2NO4. The molecule has 7 heteroatoms. The van der Waals surface area contributed by atoms with E-state index in [1.54, 1.807) is 0 Å². The van der Waals surface area contributed by atoms with Gasteiger partial charge < -0.3 is 4.74 Å². The highest BCUT2D eigenvalue weighted by Crippen LogP contribution is 2.28. The lowest BCUT2D eigenvalue weighted by Gasteiger charge is -2.08. The smallest absolute Gasteiger partial charge is 0.387 e. The molecule has 0 fully saturated rings. The van der Waals surface area contributed by atoms with Crippen molar-refractivity contribution in [1.82, 2.24) is 0 Å². The number of carbonyl (C=O) groups excluding carboxylic acids is 1. The first kappa shape index (κ1) is 12.0. The second-order valence-electron chi connectivity index (χ2n) is 2.93. The van der Waals surface area contributed by atoms with Crippen LogP contribution in [-0.2, 0) is 0 Å². The fraction of sp³-hybridized carbons (Fsp3) is 0.222. The third-order valence-electron chi connectivity index (χ3n) is 1.88. The molecule has 5 nitrogen and oxygen atoms in total. The zero-order valence-electron chi connectivity index (χ0n) is 8.15. The second-order valence-corrected chi connectivity index (χ2v) is 2.93. The number of aryl methyl sites for hydroxylation is 1. The van der Waals surface area contributed by atoms with Gasteiger partial charge in [0.2, 0.25) is 0 Å². The Morgan fingerprint density at radius 3 is 2.56 bits per heavy atom. The first-order valence-corrected chi connectivity index (χ1v) is 4.14. The Morgan fingerprint density at radius 2 is 2.12 bits per heavy atom. The fourth-order valence-corrected chi connectivity index (χ4v) is 1.20. The van der Waals surface area contributed by atoms with Crippen LogP contribution in [0.15, 0.2) is 12.1 Å². The van der Waals surface area contributed by atoms with E-state index in [4.69, 9.17) is 0 Å². The number of rotatable bonds is 4. The van der Waals surface area contributed by atoms with E-state index in [0.29, 0.717) is 6.29 Å². The quantitative estimate of drug-likeness (QED) is 0.453. The number of hydrogen-bond donors (Lipinski definition) is 0. The van der Waals surface area contributed by atoms with Gasteiger partial charge in [0.25, 0.3) is 5.69 Å². The van der Waals surface area contributed by atoms with Crippen molar-refractivity contribution in [2.75, 3.05) is 0 Å². The molecule has 16 heavy (non-hydrogen) atoms. The summed E-state index contributed by atoms with van der Waals surface area (Å²) < 4.78 is 28.0. The number of nitro benzene ring substituents is 1. The fourth-order valence-electron chi connectivity index (χ4n) is 1.20. The molecular weight excluding hydrogens is 224 g/mol. The number of halogens is 2. The Hall–Kier alpha value is -2.05. The second kappa shape index (κ2) is 4.65. The number of benzene rings is 1. The van der Waals surface area contributed by atoms with Gasteiger partial charge in [0.15, 0.2) is 6.29 Å². The van der Waals surface area contributed by atoms with Crippen molar-refractivity contribution in [3.8, 4) is 5.75 Å². The van der Waals surface area contributed by atoms with E-state index in [0.717, 1.165) is 12.1 Å². The molecule has 0 amide bonds. The maximum Gasteiger partial charge on any atom is 0.387 e. The zero-order chi connectivity index (χ0) is 12.3. The molecule has 0 aliphatic heterocycles. The lowest BCUT2D eigenvalue weighted by Crippen LogP contribution is -2.06. The SMILES string of the molecule is Cc1cc([N+](=O)[O-])cc(OC(F)F)c1C=O. The van der Waals surface area contributed by atoms with Gasteiger partial charge in [0.05, 0.1) is 16.6 Å². The van der Waals surface area contributed by atoms with E-state index in [1.165, 1.54) is 6.92 Å². The van der Waals surface area contributed by atoms with E-state index >= 15 is 0 Å². The van der Waals surface area contributed by atoms with E-state index in [9.17, 15) is 23.7 Å². The highest BCUT2D eigenvalue weighted by Gasteiger charge is 2.17. The molecule has 0 saturated heterocycles. The molecule has 0 aromatic heterocycles. The molecule has 0 N–H and O–H groups in total. The summed E-state index contributed by atoms with van der Waals surface area (Å²) in [5.41, 5.74) is -0.315. The number of alkyl halides is 2. The van der Waals surface area contributed by atoms with Crippen molar-refractivity contribution in [3.63, 3.8) is 0 Å². The maximum atomic E-state index is 12.0. The number of carbonyl (C=O) groups is 1. The van der Waals surface area contributed by atoms with Gasteiger partial charge in [-0.3, -0.25) is 14.9 Å². The van der Waals surface area contributed by atoms with Gasteiger partial charge in [-0.25, -0.2) is 0 Å². The van der Waals surface area contributed by atoms with Crippen molar-refractivity contribution < 1.29 is 23.2 Å². The average Bonchev–Trinajstić information content (AvgIpc) is 2.16. The van der Waals surface area contributed by atoms with Crippen LogP contribution in [0.25, 0.3) is 0 Å². The minimum Gasteiger partial charge on any atom is -0.434 e. The lowest BCUT2D eigenvalue weighted by molar-refractivity contribution is -0.385. The number of hydrogen-bond acceptors (Lipinski definition) is 4.